The third kappa shape index (κ3) is 5.81. The van der Waals surface area contributed by atoms with E-state index in [1.165, 1.54) is 4.31 Å². The largest absolute Gasteiger partial charge is 0.507 e. The molecule has 3 aromatic carbocycles. The summed E-state index contributed by atoms with van der Waals surface area (Å²) in [6.07, 6.45) is 0. The van der Waals surface area contributed by atoms with Crippen molar-refractivity contribution >= 4 is 15.7 Å². The molecule has 0 aromatic heterocycles. The van der Waals surface area contributed by atoms with E-state index in [1.807, 2.05) is 60.6 Å². The first-order valence-corrected chi connectivity index (χ1v) is 13.2. The molecule has 5 nitrogen and oxygen atoms in total. The van der Waals surface area contributed by atoms with Crippen molar-refractivity contribution in [3.8, 4) is 11.5 Å². The number of phenols is 1. The van der Waals surface area contributed by atoms with Gasteiger partial charge in [-0.3, -0.25) is 4.31 Å². The number of aryl methyl sites for hydroxylation is 1. The highest BCUT2D eigenvalue weighted by Gasteiger charge is 2.30. The summed E-state index contributed by atoms with van der Waals surface area (Å²) in [7, 11) is -2.33. The Balaban J connectivity index is 2.23. The lowest BCUT2D eigenvalue weighted by molar-refractivity contribution is 0.415. The van der Waals surface area contributed by atoms with Gasteiger partial charge in [-0.15, -0.1) is 0 Å². The van der Waals surface area contributed by atoms with Crippen LogP contribution in [-0.2, 0) is 27.4 Å². The average molecular weight is 496 g/mol. The molecule has 0 spiro atoms. The summed E-state index contributed by atoms with van der Waals surface area (Å²) >= 11 is 0. The molecule has 3 aromatic rings. The maximum absolute atomic E-state index is 13.9. The molecule has 1 N–H and O–H groups in total. The smallest absolute Gasteiger partial charge is 0.264 e. The van der Waals surface area contributed by atoms with Crippen molar-refractivity contribution in [2.45, 2.75) is 70.7 Å². The molecule has 0 atom stereocenters. The number of methoxy groups -OCH3 is 1. The van der Waals surface area contributed by atoms with Crippen LogP contribution in [-0.4, -0.2) is 20.6 Å². The molecule has 0 unspecified atom stereocenters. The van der Waals surface area contributed by atoms with E-state index in [4.69, 9.17) is 4.74 Å². The highest BCUT2D eigenvalue weighted by atomic mass is 32.2. The third-order valence-electron chi connectivity index (χ3n) is 6.06. The highest BCUT2D eigenvalue weighted by Crippen LogP contribution is 2.40. The number of sulfonamides is 1. The maximum atomic E-state index is 13.9. The minimum atomic E-state index is -3.89. The predicted molar refractivity (Wildman–Crippen MR) is 143 cm³/mol. The molecule has 0 saturated carbocycles. The molecule has 0 fully saturated rings. The molecule has 0 saturated heterocycles. The molecular formula is C29H37NO4S. The van der Waals surface area contributed by atoms with Crippen LogP contribution in [0.5, 0.6) is 11.5 Å². The van der Waals surface area contributed by atoms with Gasteiger partial charge in [0.25, 0.3) is 10.0 Å². The molecule has 188 valence electrons. The maximum Gasteiger partial charge on any atom is 0.264 e. The number of nitrogens with zero attached hydrogens (tertiary/aromatic N) is 1. The fourth-order valence-electron chi connectivity index (χ4n) is 4.01. The van der Waals surface area contributed by atoms with Crippen LogP contribution in [0.1, 0.15) is 63.8 Å². The summed E-state index contributed by atoms with van der Waals surface area (Å²) < 4.78 is 34.6. The average Bonchev–Trinajstić information content (AvgIpc) is 2.77. The van der Waals surface area contributed by atoms with Crippen molar-refractivity contribution in [3.05, 3.63) is 82.9 Å². The van der Waals surface area contributed by atoms with Crippen molar-refractivity contribution in [2.24, 2.45) is 0 Å². The Kier molecular flexibility index (Phi) is 7.28. The molecule has 6 heteroatoms. The van der Waals surface area contributed by atoms with Gasteiger partial charge >= 0.3 is 0 Å². The molecule has 0 aliphatic carbocycles. The van der Waals surface area contributed by atoms with Crippen LogP contribution in [0.15, 0.2) is 65.6 Å². The Bertz CT molecular complexity index is 1260. The number of hydrogen-bond acceptors (Lipinski definition) is 4. The first kappa shape index (κ1) is 26.6. The minimum Gasteiger partial charge on any atom is -0.507 e. The lowest BCUT2D eigenvalue weighted by Gasteiger charge is -2.30. The lowest BCUT2D eigenvalue weighted by atomic mass is 9.78. The number of ether oxygens (including phenoxy) is 1. The molecular weight excluding hydrogens is 458 g/mol. The number of benzene rings is 3. The second kappa shape index (κ2) is 9.57. The molecule has 0 aliphatic heterocycles. The Labute approximate surface area is 210 Å². The molecule has 0 amide bonds. The number of anilines is 1. The van der Waals surface area contributed by atoms with Crippen LogP contribution in [0, 0.1) is 6.92 Å². The molecule has 0 heterocycles. The van der Waals surface area contributed by atoms with E-state index < -0.39 is 10.0 Å². The van der Waals surface area contributed by atoms with Crippen molar-refractivity contribution in [2.75, 3.05) is 11.4 Å². The van der Waals surface area contributed by atoms with Gasteiger partial charge < -0.3 is 9.84 Å². The van der Waals surface area contributed by atoms with E-state index >= 15 is 0 Å². The van der Waals surface area contributed by atoms with Crippen LogP contribution in [0.2, 0.25) is 0 Å². The van der Waals surface area contributed by atoms with Gasteiger partial charge in [-0.2, -0.15) is 0 Å². The second-order valence-electron chi connectivity index (χ2n) is 11.1. The topological polar surface area (TPSA) is 66.8 Å². The second-order valence-corrected chi connectivity index (χ2v) is 12.9. The van der Waals surface area contributed by atoms with Crippen LogP contribution in [0.3, 0.4) is 0 Å². The van der Waals surface area contributed by atoms with E-state index in [1.54, 1.807) is 55.6 Å². The lowest BCUT2D eigenvalue weighted by Crippen LogP contribution is -2.31. The number of rotatable bonds is 6. The zero-order chi connectivity index (χ0) is 26.2. The molecule has 3 rings (SSSR count). The van der Waals surface area contributed by atoms with Gasteiger partial charge in [0.05, 0.1) is 24.2 Å². The highest BCUT2D eigenvalue weighted by molar-refractivity contribution is 7.92. The summed E-state index contributed by atoms with van der Waals surface area (Å²) in [5.41, 5.74) is 3.23. The molecule has 0 radical (unpaired) electrons. The zero-order valence-corrected chi connectivity index (χ0v) is 22.8. The minimum absolute atomic E-state index is 0.107. The Morgan fingerprint density at radius 1 is 0.857 bits per heavy atom. The fourth-order valence-corrected chi connectivity index (χ4v) is 5.46. The predicted octanol–water partition coefficient (Wildman–Crippen LogP) is 6.70. The zero-order valence-electron chi connectivity index (χ0n) is 22.0. The molecule has 35 heavy (non-hydrogen) atoms. The number of phenolic OH excluding ortho intramolecular Hbond substituents is 1. The summed E-state index contributed by atoms with van der Waals surface area (Å²) in [4.78, 5) is 0.219. The van der Waals surface area contributed by atoms with Crippen molar-refractivity contribution in [1.29, 1.82) is 0 Å². The fraction of sp³-hybridized carbons (Fsp3) is 0.379. The van der Waals surface area contributed by atoms with Crippen molar-refractivity contribution < 1.29 is 18.3 Å². The van der Waals surface area contributed by atoms with Crippen molar-refractivity contribution in [3.63, 3.8) is 0 Å². The van der Waals surface area contributed by atoms with Gasteiger partial charge in [0, 0.05) is 6.07 Å². The molecule has 0 aliphatic rings. The van der Waals surface area contributed by atoms with E-state index in [-0.39, 0.29) is 28.0 Å². The van der Waals surface area contributed by atoms with Crippen LogP contribution < -0.4 is 9.04 Å². The summed E-state index contributed by atoms with van der Waals surface area (Å²) in [5.74, 6) is 0.839. The molecule has 0 bridgehead atoms. The van der Waals surface area contributed by atoms with Crippen LogP contribution in [0.4, 0.5) is 5.69 Å². The first-order chi connectivity index (χ1) is 16.1. The van der Waals surface area contributed by atoms with Gasteiger partial charge in [-0.05, 0) is 70.8 Å². The number of aromatic hydroxyl groups is 1. The van der Waals surface area contributed by atoms with E-state index in [0.717, 1.165) is 22.3 Å². The van der Waals surface area contributed by atoms with Gasteiger partial charge in [0.2, 0.25) is 0 Å². The monoisotopic (exact) mass is 495 g/mol. The SMILES string of the molecule is COc1cccc(N(Cc2cc(C(C)(C)C)c(O)c(C(C)(C)C)c2)S(=O)(=O)c2ccc(C)cc2)c1. The van der Waals surface area contributed by atoms with E-state index in [0.29, 0.717) is 11.4 Å². The summed E-state index contributed by atoms with van der Waals surface area (Å²) in [6, 6.07) is 17.8. The van der Waals surface area contributed by atoms with Crippen LogP contribution >= 0.6 is 0 Å². The van der Waals surface area contributed by atoms with Gasteiger partial charge in [-0.1, -0.05) is 65.3 Å². The summed E-state index contributed by atoms with van der Waals surface area (Å²) in [5, 5.41) is 11.1. The normalized spacial score (nSPS) is 12.5. The van der Waals surface area contributed by atoms with Gasteiger partial charge in [0.1, 0.15) is 11.5 Å². The van der Waals surface area contributed by atoms with Crippen molar-refractivity contribution in [1.82, 2.24) is 0 Å². The Morgan fingerprint density at radius 2 is 1.40 bits per heavy atom. The quantitative estimate of drug-likeness (QED) is 0.413. The summed E-state index contributed by atoms with van der Waals surface area (Å²) in [6.45, 7) is 14.3. The first-order valence-electron chi connectivity index (χ1n) is 11.7. The number of hydrogen-bond donors (Lipinski definition) is 1. The standard InChI is InChI=1S/C29H37NO4S/c1-20-12-14-24(15-13-20)35(32,33)30(22-10-9-11-23(18-22)34-8)19-21-16-25(28(2,3)4)27(31)26(17-21)29(5,6)7/h9-18,31H,19H2,1-8H3. The van der Waals surface area contributed by atoms with E-state index in [9.17, 15) is 13.5 Å². The van der Waals surface area contributed by atoms with Gasteiger partial charge in [0.15, 0.2) is 0 Å². The van der Waals surface area contributed by atoms with Crippen LogP contribution in [0.25, 0.3) is 0 Å². The van der Waals surface area contributed by atoms with E-state index in [2.05, 4.69) is 0 Å². The Morgan fingerprint density at radius 3 is 1.89 bits per heavy atom. The Hall–Kier alpha value is -2.99. The van der Waals surface area contributed by atoms with Gasteiger partial charge in [-0.25, -0.2) is 8.42 Å². The third-order valence-corrected chi connectivity index (χ3v) is 7.85.